The van der Waals surface area contributed by atoms with Crippen molar-refractivity contribution in [3.8, 4) is 5.75 Å². The maximum Gasteiger partial charge on any atom is 0.277 e. The molecule has 0 radical (unpaired) electrons. The molecular formula is C15H11BrCl2N2O2. The molecule has 0 heterocycles. The van der Waals surface area contributed by atoms with Gasteiger partial charge in [0.25, 0.3) is 5.91 Å². The average Bonchev–Trinajstić information content (AvgIpc) is 2.49. The first-order valence-electron chi connectivity index (χ1n) is 6.20. The predicted molar refractivity (Wildman–Crippen MR) is 91.8 cm³/mol. The molecule has 0 aliphatic heterocycles. The molecule has 0 aromatic heterocycles. The van der Waals surface area contributed by atoms with Crippen LogP contribution < -0.4 is 10.2 Å². The summed E-state index contributed by atoms with van der Waals surface area (Å²) in [4.78, 5) is 11.6. The minimum atomic E-state index is -0.380. The summed E-state index contributed by atoms with van der Waals surface area (Å²) in [7, 11) is 0. The second-order valence-electron chi connectivity index (χ2n) is 4.18. The van der Waals surface area contributed by atoms with Crippen molar-refractivity contribution in [3.63, 3.8) is 0 Å². The van der Waals surface area contributed by atoms with Crippen LogP contribution in [0.25, 0.3) is 0 Å². The van der Waals surface area contributed by atoms with Crippen LogP contribution in [-0.4, -0.2) is 18.7 Å². The molecular weight excluding hydrogens is 391 g/mol. The zero-order valence-electron chi connectivity index (χ0n) is 11.2. The predicted octanol–water partition coefficient (Wildman–Crippen LogP) is 4.29. The Bertz CT molecular complexity index is 708. The molecule has 0 aliphatic rings. The summed E-state index contributed by atoms with van der Waals surface area (Å²) in [6.45, 7) is -0.142. The normalized spacial score (nSPS) is 10.7. The molecule has 7 heteroatoms. The van der Waals surface area contributed by atoms with E-state index in [0.29, 0.717) is 21.4 Å². The van der Waals surface area contributed by atoms with E-state index in [1.165, 1.54) is 6.21 Å². The van der Waals surface area contributed by atoms with E-state index in [9.17, 15) is 4.79 Å². The summed E-state index contributed by atoms with van der Waals surface area (Å²) in [5.74, 6) is 0.209. The number of halogens is 3. The Morgan fingerprint density at radius 1 is 1.27 bits per heavy atom. The molecule has 0 bridgehead atoms. The van der Waals surface area contributed by atoms with Gasteiger partial charge in [-0.2, -0.15) is 5.10 Å². The molecule has 0 saturated carbocycles. The van der Waals surface area contributed by atoms with Crippen LogP contribution in [0.15, 0.2) is 52.0 Å². The van der Waals surface area contributed by atoms with Crippen LogP contribution in [0.5, 0.6) is 5.75 Å². The number of hydrazone groups is 1. The number of rotatable bonds is 5. The molecule has 4 nitrogen and oxygen atoms in total. The van der Waals surface area contributed by atoms with E-state index in [0.717, 1.165) is 4.47 Å². The van der Waals surface area contributed by atoms with Crippen molar-refractivity contribution in [1.82, 2.24) is 5.43 Å². The highest BCUT2D eigenvalue weighted by Crippen LogP contribution is 2.24. The van der Waals surface area contributed by atoms with Crippen molar-refractivity contribution in [2.24, 2.45) is 5.10 Å². The zero-order valence-corrected chi connectivity index (χ0v) is 14.3. The second-order valence-corrected chi connectivity index (χ2v) is 5.88. The Hall–Kier alpha value is -1.56. The third-order valence-corrected chi connectivity index (χ3v) is 3.87. The molecule has 22 heavy (non-hydrogen) atoms. The van der Waals surface area contributed by atoms with Crippen molar-refractivity contribution in [1.29, 1.82) is 0 Å². The topological polar surface area (TPSA) is 50.7 Å². The Balaban J connectivity index is 1.85. The molecule has 1 amide bonds. The van der Waals surface area contributed by atoms with E-state index in [4.69, 9.17) is 27.9 Å². The van der Waals surface area contributed by atoms with Gasteiger partial charge in [-0.15, -0.1) is 0 Å². The first-order chi connectivity index (χ1) is 10.6. The molecule has 0 saturated heterocycles. The van der Waals surface area contributed by atoms with Gasteiger partial charge in [-0.05, 0) is 24.3 Å². The van der Waals surface area contributed by atoms with Gasteiger partial charge in [-0.3, -0.25) is 4.79 Å². The zero-order chi connectivity index (χ0) is 15.9. The van der Waals surface area contributed by atoms with Gasteiger partial charge in [-0.1, -0.05) is 57.3 Å². The standard InChI is InChI=1S/C15H11BrCl2N2O2/c16-11-4-2-5-12(7-11)22-9-14(21)20-19-8-10-3-1-6-13(17)15(10)18/h1-8H,9H2,(H,20,21)/b19-8-. The number of nitrogens with one attached hydrogen (secondary N) is 1. The lowest BCUT2D eigenvalue weighted by molar-refractivity contribution is -0.123. The van der Waals surface area contributed by atoms with Crippen molar-refractivity contribution in [2.45, 2.75) is 0 Å². The van der Waals surface area contributed by atoms with E-state index in [1.807, 2.05) is 12.1 Å². The van der Waals surface area contributed by atoms with Gasteiger partial charge >= 0.3 is 0 Å². The highest BCUT2D eigenvalue weighted by atomic mass is 79.9. The number of benzene rings is 2. The maximum atomic E-state index is 11.6. The fourth-order valence-electron chi connectivity index (χ4n) is 1.53. The SMILES string of the molecule is O=C(COc1cccc(Br)c1)N/N=C\c1cccc(Cl)c1Cl. The lowest BCUT2D eigenvalue weighted by Crippen LogP contribution is -2.24. The van der Waals surface area contributed by atoms with Gasteiger partial charge in [-0.25, -0.2) is 5.43 Å². The van der Waals surface area contributed by atoms with Crippen LogP contribution in [0.3, 0.4) is 0 Å². The largest absolute Gasteiger partial charge is 0.484 e. The van der Waals surface area contributed by atoms with Crippen LogP contribution in [0.1, 0.15) is 5.56 Å². The van der Waals surface area contributed by atoms with E-state index in [-0.39, 0.29) is 12.5 Å². The number of carbonyl (C=O) groups excluding carboxylic acids is 1. The van der Waals surface area contributed by atoms with Crippen molar-refractivity contribution in [3.05, 3.63) is 62.5 Å². The summed E-state index contributed by atoms with van der Waals surface area (Å²) in [5, 5.41) is 4.62. The Kier molecular flexibility index (Phi) is 6.24. The van der Waals surface area contributed by atoms with Crippen LogP contribution in [0.2, 0.25) is 10.0 Å². The minimum absolute atomic E-state index is 0.142. The molecule has 114 valence electrons. The summed E-state index contributed by atoms with van der Waals surface area (Å²) >= 11 is 15.2. The van der Waals surface area contributed by atoms with E-state index >= 15 is 0 Å². The molecule has 2 aromatic carbocycles. The highest BCUT2D eigenvalue weighted by Gasteiger charge is 2.03. The first-order valence-corrected chi connectivity index (χ1v) is 7.75. The monoisotopic (exact) mass is 400 g/mol. The number of hydrogen-bond acceptors (Lipinski definition) is 3. The molecule has 0 aliphatic carbocycles. The van der Waals surface area contributed by atoms with Crippen LogP contribution >= 0.6 is 39.1 Å². The fourth-order valence-corrected chi connectivity index (χ4v) is 2.27. The van der Waals surface area contributed by atoms with Crippen molar-refractivity contribution < 1.29 is 9.53 Å². The van der Waals surface area contributed by atoms with Gasteiger partial charge in [0.05, 0.1) is 16.3 Å². The number of amides is 1. The van der Waals surface area contributed by atoms with Gasteiger partial charge in [0.1, 0.15) is 5.75 Å². The molecule has 1 N–H and O–H groups in total. The van der Waals surface area contributed by atoms with Crippen molar-refractivity contribution in [2.75, 3.05) is 6.61 Å². The summed E-state index contributed by atoms with van der Waals surface area (Å²) in [6.07, 6.45) is 1.42. The summed E-state index contributed by atoms with van der Waals surface area (Å²) in [5.41, 5.74) is 2.97. The third-order valence-electron chi connectivity index (χ3n) is 2.54. The van der Waals surface area contributed by atoms with Gasteiger partial charge in [0, 0.05) is 10.0 Å². The second kappa shape index (κ2) is 8.17. The fraction of sp³-hybridized carbons (Fsp3) is 0.0667. The lowest BCUT2D eigenvalue weighted by Gasteiger charge is -2.05. The summed E-state index contributed by atoms with van der Waals surface area (Å²) in [6, 6.07) is 12.4. The van der Waals surface area contributed by atoms with E-state index in [1.54, 1.807) is 30.3 Å². The van der Waals surface area contributed by atoms with E-state index in [2.05, 4.69) is 26.5 Å². The van der Waals surface area contributed by atoms with Gasteiger partial charge in [0.15, 0.2) is 6.61 Å². The number of hydrogen-bond donors (Lipinski definition) is 1. The van der Waals surface area contributed by atoms with Crippen molar-refractivity contribution >= 4 is 51.3 Å². The highest BCUT2D eigenvalue weighted by molar-refractivity contribution is 9.10. The summed E-state index contributed by atoms with van der Waals surface area (Å²) < 4.78 is 6.21. The Morgan fingerprint density at radius 3 is 2.82 bits per heavy atom. The quantitative estimate of drug-likeness (QED) is 0.600. The van der Waals surface area contributed by atoms with Crippen LogP contribution in [0, 0.1) is 0 Å². The van der Waals surface area contributed by atoms with Crippen LogP contribution in [-0.2, 0) is 4.79 Å². The molecule has 0 unspecified atom stereocenters. The number of ether oxygens (including phenoxy) is 1. The lowest BCUT2D eigenvalue weighted by atomic mass is 10.2. The number of nitrogens with zero attached hydrogens (tertiary/aromatic N) is 1. The molecule has 0 spiro atoms. The Labute approximate surface area is 146 Å². The number of carbonyl (C=O) groups is 1. The maximum absolute atomic E-state index is 11.6. The average molecular weight is 402 g/mol. The Morgan fingerprint density at radius 2 is 2.05 bits per heavy atom. The molecule has 2 aromatic rings. The first kappa shape index (κ1) is 16.8. The molecule has 0 fully saturated rings. The van der Waals surface area contributed by atoms with Crippen LogP contribution in [0.4, 0.5) is 0 Å². The third kappa shape index (κ3) is 5.02. The molecule has 0 atom stereocenters. The van der Waals surface area contributed by atoms with Gasteiger partial charge in [0.2, 0.25) is 0 Å². The smallest absolute Gasteiger partial charge is 0.277 e. The van der Waals surface area contributed by atoms with E-state index < -0.39 is 0 Å². The minimum Gasteiger partial charge on any atom is -0.484 e. The molecule has 2 rings (SSSR count). The van der Waals surface area contributed by atoms with Gasteiger partial charge < -0.3 is 4.74 Å².